The summed E-state index contributed by atoms with van der Waals surface area (Å²) in [5.41, 5.74) is 1.14. The van der Waals surface area contributed by atoms with Crippen LogP contribution >= 0.6 is 11.3 Å². The molecule has 0 fully saturated rings. The van der Waals surface area contributed by atoms with Gasteiger partial charge in [-0.25, -0.2) is 0 Å². The van der Waals surface area contributed by atoms with Gasteiger partial charge < -0.3 is 15.7 Å². The molecule has 132 valence electrons. The third-order valence-corrected chi connectivity index (χ3v) is 4.68. The van der Waals surface area contributed by atoms with Crippen molar-refractivity contribution in [2.24, 2.45) is 0 Å². The number of hydrogen-bond acceptors (Lipinski definition) is 4. The van der Waals surface area contributed by atoms with E-state index in [9.17, 15) is 14.4 Å². The molecule has 0 aliphatic heterocycles. The highest BCUT2D eigenvalue weighted by molar-refractivity contribution is 7.10. The minimum atomic E-state index is -0.924. The number of carbonyl (C=O) groups excluding carboxylic acids is 2. The molecular weight excluding hydrogens is 340 g/mol. The van der Waals surface area contributed by atoms with Gasteiger partial charge in [-0.15, -0.1) is 11.3 Å². The van der Waals surface area contributed by atoms with E-state index in [1.807, 2.05) is 17.5 Å². The summed E-state index contributed by atoms with van der Waals surface area (Å²) < 4.78 is 0. The van der Waals surface area contributed by atoms with Crippen LogP contribution < -0.4 is 10.6 Å². The lowest BCUT2D eigenvalue weighted by Crippen LogP contribution is -2.29. The highest BCUT2D eigenvalue weighted by atomic mass is 32.1. The van der Waals surface area contributed by atoms with Crippen LogP contribution in [0, 0.1) is 0 Å². The second kappa shape index (κ2) is 8.43. The third-order valence-electron chi connectivity index (χ3n) is 3.69. The summed E-state index contributed by atoms with van der Waals surface area (Å²) >= 11 is 1.47. The molecule has 3 N–H and O–H groups in total. The fourth-order valence-corrected chi connectivity index (χ4v) is 3.16. The van der Waals surface area contributed by atoms with Crippen LogP contribution in [-0.2, 0) is 14.4 Å². The normalized spacial score (nSPS) is 12.9. The van der Waals surface area contributed by atoms with E-state index >= 15 is 0 Å². The maximum absolute atomic E-state index is 12.3. The molecule has 0 radical (unpaired) electrons. The lowest BCUT2D eigenvalue weighted by Gasteiger charge is -2.16. The van der Waals surface area contributed by atoms with Gasteiger partial charge in [0, 0.05) is 17.5 Å². The Morgan fingerprint density at radius 2 is 1.96 bits per heavy atom. The number of benzene rings is 1. The second-order valence-electron chi connectivity index (χ2n) is 5.71. The molecule has 2 unspecified atom stereocenters. The number of thiophene rings is 1. The zero-order valence-electron chi connectivity index (χ0n) is 14.0. The van der Waals surface area contributed by atoms with Crippen molar-refractivity contribution in [1.29, 1.82) is 0 Å². The Bertz CT molecular complexity index is 758. The molecule has 25 heavy (non-hydrogen) atoms. The zero-order chi connectivity index (χ0) is 18.4. The molecule has 0 aliphatic carbocycles. The summed E-state index contributed by atoms with van der Waals surface area (Å²) in [6, 6.07) is 10.1. The first-order chi connectivity index (χ1) is 11.9. The lowest BCUT2D eigenvalue weighted by molar-refractivity contribution is -0.138. The fourth-order valence-electron chi connectivity index (χ4n) is 2.38. The first-order valence-electron chi connectivity index (χ1n) is 7.80. The van der Waals surface area contributed by atoms with Crippen molar-refractivity contribution in [3.8, 4) is 0 Å². The molecule has 1 aromatic carbocycles. The predicted octanol–water partition coefficient (Wildman–Crippen LogP) is 3.14. The standard InChI is InChI=1S/C18H20N2O4S/c1-11(18(23)24)13-5-3-6-14(9-13)20-17(22)10-15(19-12(2)21)16-7-4-8-25-16/h3-9,11,15H,10H2,1-2H3,(H,19,21)(H,20,22)(H,23,24). The van der Waals surface area contributed by atoms with Crippen LogP contribution in [0.5, 0.6) is 0 Å². The third kappa shape index (κ3) is 5.42. The van der Waals surface area contributed by atoms with E-state index in [-0.39, 0.29) is 18.2 Å². The van der Waals surface area contributed by atoms with E-state index in [1.54, 1.807) is 31.2 Å². The highest BCUT2D eigenvalue weighted by Crippen LogP contribution is 2.24. The van der Waals surface area contributed by atoms with Gasteiger partial charge in [0.25, 0.3) is 0 Å². The van der Waals surface area contributed by atoms with Crippen molar-refractivity contribution < 1.29 is 19.5 Å². The Morgan fingerprint density at radius 3 is 2.56 bits per heavy atom. The van der Waals surface area contributed by atoms with E-state index in [4.69, 9.17) is 5.11 Å². The molecule has 0 aliphatic rings. The summed E-state index contributed by atoms with van der Waals surface area (Å²) in [6.45, 7) is 3.00. The molecule has 6 nitrogen and oxygen atoms in total. The van der Waals surface area contributed by atoms with Gasteiger partial charge in [0.15, 0.2) is 0 Å². The van der Waals surface area contributed by atoms with E-state index in [2.05, 4.69) is 10.6 Å². The topological polar surface area (TPSA) is 95.5 Å². The maximum atomic E-state index is 12.3. The number of hydrogen-bond donors (Lipinski definition) is 3. The maximum Gasteiger partial charge on any atom is 0.310 e. The smallest absolute Gasteiger partial charge is 0.310 e. The van der Waals surface area contributed by atoms with Crippen molar-refractivity contribution in [1.82, 2.24) is 5.32 Å². The molecule has 2 aromatic rings. The number of carboxylic acids is 1. The predicted molar refractivity (Wildman–Crippen MR) is 96.6 cm³/mol. The lowest BCUT2D eigenvalue weighted by atomic mass is 10.0. The number of rotatable bonds is 7. The Balaban J connectivity index is 2.07. The Kier molecular flexibility index (Phi) is 6.30. The summed E-state index contributed by atoms with van der Waals surface area (Å²) in [5, 5.41) is 16.5. The van der Waals surface area contributed by atoms with E-state index in [1.165, 1.54) is 18.3 Å². The fraction of sp³-hybridized carbons (Fsp3) is 0.278. The number of carbonyl (C=O) groups is 3. The molecular formula is C18H20N2O4S. The van der Waals surface area contributed by atoms with Crippen molar-refractivity contribution in [3.05, 3.63) is 52.2 Å². The van der Waals surface area contributed by atoms with Crippen molar-refractivity contribution in [3.63, 3.8) is 0 Å². The minimum Gasteiger partial charge on any atom is -0.481 e. The van der Waals surface area contributed by atoms with Crippen molar-refractivity contribution >= 4 is 34.8 Å². The van der Waals surface area contributed by atoms with Gasteiger partial charge in [0.2, 0.25) is 11.8 Å². The number of aliphatic carboxylic acids is 1. The molecule has 0 saturated heterocycles. The molecule has 0 spiro atoms. The molecule has 0 saturated carbocycles. The number of carboxylic acid groups (broad SMARTS) is 1. The van der Waals surface area contributed by atoms with Crippen LogP contribution in [0.2, 0.25) is 0 Å². The summed E-state index contributed by atoms with van der Waals surface area (Å²) in [4.78, 5) is 35.7. The van der Waals surface area contributed by atoms with Crippen LogP contribution in [-0.4, -0.2) is 22.9 Å². The molecule has 1 aromatic heterocycles. The Morgan fingerprint density at radius 1 is 1.20 bits per heavy atom. The molecule has 2 atom stereocenters. The van der Waals surface area contributed by atoms with Gasteiger partial charge in [-0.3, -0.25) is 14.4 Å². The van der Waals surface area contributed by atoms with E-state index in [0.29, 0.717) is 11.3 Å². The minimum absolute atomic E-state index is 0.0960. The summed E-state index contributed by atoms with van der Waals surface area (Å²) in [7, 11) is 0. The van der Waals surface area contributed by atoms with Gasteiger partial charge in [0.1, 0.15) is 0 Å². The van der Waals surface area contributed by atoms with Crippen LogP contribution in [0.25, 0.3) is 0 Å². The largest absolute Gasteiger partial charge is 0.481 e. The molecule has 1 heterocycles. The van der Waals surface area contributed by atoms with Gasteiger partial charge >= 0.3 is 5.97 Å². The first-order valence-corrected chi connectivity index (χ1v) is 8.68. The second-order valence-corrected chi connectivity index (χ2v) is 6.69. The van der Waals surface area contributed by atoms with Crippen molar-refractivity contribution in [2.75, 3.05) is 5.32 Å². The van der Waals surface area contributed by atoms with Gasteiger partial charge in [0.05, 0.1) is 18.4 Å². The molecule has 2 amide bonds. The number of nitrogens with one attached hydrogen (secondary N) is 2. The van der Waals surface area contributed by atoms with E-state index < -0.39 is 17.9 Å². The monoisotopic (exact) mass is 360 g/mol. The summed E-state index contributed by atoms with van der Waals surface area (Å²) in [6.07, 6.45) is 0.0960. The van der Waals surface area contributed by atoms with Gasteiger partial charge in [-0.2, -0.15) is 0 Å². The van der Waals surface area contributed by atoms with Crippen molar-refractivity contribution in [2.45, 2.75) is 32.2 Å². The molecule has 0 bridgehead atoms. The van der Waals surface area contributed by atoms with Crippen LogP contribution in [0.3, 0.4) is 0 Å². The Labute approximate surface area is 149 Å². The van der Waals surface area contributed by atoms with Crippen LogP contribution in [0.4, 0.5) is 5.69 Å². The number of anilines is 1. The highest BCUT2D eigenvalue weighted by Gasteiger charge is 2.19. The SMILES string of the molecule is CC(=O)NC(CC(=O)Nc1cccc(C(C)C(=O)O)c1)c1cccs1. The first kappa shape index (κ1) is 18.7. The zero-order valence-corrected chi connectivity index (χ0v) is 14.8. The van der Waals surface area contributed by atoms with E-state index in [0.717, 1.165) is 4.88 Å². The number of amides is 2. The van der Waals surface area contributed by atoms with Crippen LogP contribution in [0.15, 0.2) is 41.8 Å². The average molecular weight is 360 g/mol. The van der Waals surface area contributed by atoms with Gasteiger partial charge in [-0.05, 0) is 36.1 Å². The summed E-state index contributed by atoms with van der Waals surface area (Å²) in [5.74, 6) is -2.04. The molecule has 7 heteroatoms. The molecule has 2 rings (SSSR count). The average Bonchev–Trinajstić information content (AvgIpc) is 3.07. The quantitative estimate of drug-likeness (QED) is 0.707. The Hall–Kier alpha value is -2.67. The van der Waals surface area contributed by atoms with Gasteiger partial charge in [-0.1, -0.05) is 18.2 Å². The van der Waals surface area contributed by atoms with Crippen LogP contribution in [0.1, 0.15) is 42.7 Å².